The molecule has 2 aliphatic rings. The lowest BCUT2D eigenvalue weighted by molar-refractivity contribution is -0.136. The number of thioether (sulfide) groups is 1. The van der Waals surface area contributed by atoms with Crippen LogP contribution in [0.5, 0.6) is 0 Å². The van der Waals surface area contributed by atoms with Crippen molar-refractivity contribution in [1.82, 2.24) is 19.8 Å². The number of aromatic amines is 1. The number of hydrogen-bond acceptors (Lipinski definition) is 5. The maximum Gasteiger partial charge on any atom is 0.251 e. The number of carbonyl (C=O) groups excluding carboxylic acids is 1. The zero-order chi connectivity index (χ0) is 15.7. The minimum absolute atomic E-state index is 0.0292. The topological polar surface area (TPSA) is 69.3 Å². The van der Waals surface area contributed by atoms with Crippen LogP contribution >= 0.6 is 11.8 Å². The Labute approximate surface area is 134 Å². The molecule has 2 aliphatic heterocycles. The SMILES string of the molecule is Cc1nc(C2CCN(C(=O)[C@@H]3CSCN3C)CC2)cc(=O)[nH]1. The van der Waals surface area contributed by atoms with Crippen LogP contribution in [0.25, 0.3) is 0 Å². The lowest BCUT2D eigenvalue weighted by Gasteiger charge is -2.34. The van der Waals surface area contributed by atoms with Gasteiger partial charge in [0.15, 0.2) is 0 Å². The first-order chi connectivity index (χ1) is 10.5. The van der Waals surface area contributed by atoms with Gasteiger partial charge < -0.3 is 9.88 Å². The lowest BCUT2D eigenvalue weighted by Crippen LogP contribution is -2.48. The van der Waals surface area contributed by atoms with Gasteiger partial charge in [-0.25, -0.2) is 4.98 Å². The van der Waals surface area contributed by atoms with Crippen LogP contribution in [-0.2, 0) is 4.79 Å². The maximum atomic E-state index is 12.6. The summed E-state index contributed by atoms with van der Waals surface area (Å²) in [5.74, 6) is 3.01. The number of aromatic nitrogens is 2. The van der Waals surface area contributed by atoms with E-state index in [4.69, 9.17) is 0 Å². The first kappa shape index (κ1) is 15.6. The Morgan fingerprint density at radius 3 is 2.73 bits per heavy atom. The van der Waals surface area contributed by atoms with Gasteiger partial charge in [0.25, 0.3) is 5.56 Å². The number of amides is 1. The highest BCUT2D eigenvalue weighted by molar-refractivity contribution is 7.99. The molecule has 120 valence electrons. The van der Waals surface area contributed by atoms with Crippen molar-refractivity contribution in [2.24, 2.45) is 0 Å². The van der Waals surface area contributed by atoms with Crippen molar-refractivity contribution in [2.75, 3.05) is 31.8 Å². The van der Waals surface area contributed by atoms with Crippen molar-refractivity contribution >= 4 is 17.7 Å². The fourth-order valence-electron chi connectivity index (χ4n) is 3.20. The number of nitrogens with one attached hydrogen (secondary N) is 1. The molecule has 1 aromatic rings. The molecule has 0 bridgehead atoms. The second-order valence-electron chi connectivity index (χ2n) is 6.13. The Hall–Kier alpha value is -1.34. The fourth-order valence-corrected chi connectivity index (χ4v) is 4.40. The molecular weight excluding hydrogens is 300 g/mol. The summed E-state index contributed by atoms with van der Waals surface area (Å²) >= 11 is 1.81. The summed E-state index contributed by atoms with van der Waals surface area (Å²) in [5.41, 5.74) is 0.771. The van der Waals surface area contributed by atoms with Crippen LogP contribution in [0.1, 0.15) is 30.3 Å². The smallest absolute Gasteiger partial charge is 0.251 e. The molecule has 3 rings (SSSR count). The molecular formula is C15H22N4O2S. The molecule has 2 fully saturated rings. The highest BCUT2D eigenvalue weighted by Gasteiger charge is 2.34. The molecule has 1 atom stereocenters. The predicted molar refractivity (Wildman–Crippen MR) is 87.0 cm³/mol. The average molecular weight is 322 g/mol. The summed E-state index contributed by atoms with van der Waals surface area (Å²) in [7, 11) is 2.01. The first-order valence-electron chi connectivity index (χ1n) is 7.69. The Morgan fingerprint density at radius 1 is 1.41 bits per heavy atom. The van der Waals surface area contributed by atoms with E-state index < -0.39 is 0 Å². The third-order valence-electron chi connectivity index (χ3n) is 4.49. The molecule has 0 unspecified atom stereocenters. The van der Waals surface area contributed by atoms with Crippen LogP contribution in [0.4, 0.5) is 0 Å². The highest BCUT2D eigenvalue weighted by Crippen LogP contribution is 2.28. The molecule has 0 saturated carbocycles. The monoisotopic (exact) mass is 322 g/mol. The number of H-pyrrole nitrogens is 1. The van der Waals surface area contributed by atoms with Crippen molar-refractivity contribution in [3.8, 4) is 0 Å². The molecule has 1 amide bonds. The van der Waals surface area contributed by atoms with Crippen molar-refractivity contribution in [1.29, 1.82) is 0 Å². The molecule has 6 nitrogen and oxygen atoms in total. The van der Waals surface area contributed by atoms with E-state index in [1.165, 1.54) is 0 Å². The van der Waals surface area contributed by atoms with E-state index in [0.29, 0.717) is 5.82 Å². The minimum atomic E-state index is -0.0920. The van der Waals surface area contributed by atoms with Crippen LogP contribution in [-0.4, -0.2) is 63.5 Å². The number of carbonyl (C=O) groups is 1. The summed E-state index contributed by atoms with van der Waals surface area (Å²) < 4.78 is 0. The van der Waals surface area contributed by atoms with Gasteiger partial charge >= 0.3 is 0 Å². The number of piperidine rings is 1. The zero-order valence-corrected chi connectivity index (χ0v) is 13.9. The number of rotatable bonds is 2. The molecule has 2 saturated heterocycles. The van der Waals surface area contributed by atoms with Crippen LogP contribution in [0, 0.1) is 6.92 Å². The Morgan fingerprint density at radius 2 is 2.14 bits per heavy atom. The summed E-state index contributed by atoms with van der Waals surface area (Å²) in [5, 5.41) is 0. The number of hydrogen-bond donors (Lipinski definition) is 1. The van der Waals surface area contributed by atoms with Gasteiger partial charge in [-0.05, 0) is 26.8 Å². The number of likely N-dealkylation sites (N-methyl/N-ethyl adjacent to an activating group) is 1. The van der Waals surface area contributed by atoms with Crippen LogP contribution in [0.2, 0.25) is 0 Å². The molecule has 1 aromatic heterocycles. The van der Waals surface area contributed by atoms with E-state index in [2.05, 4.69) is 14.9 Å². The van der Waals surface area contributed by atoms with Gasteiger partial charge in [-0.1, -0.05) is 0 Å². The Kier molecular flexibility index (Phi) is 4.54. The van der Waals surface area contributed by atoms with Crippen molar-refractivity contribution in [3.63, 3.8) is 0 Å². The number of nitrogens with zero attached hydrogens (tertiary/aromatic N) is 3. The van der Waals surface area contributed by atoms with E-state index in [0.717, 1.165) is 43.3 Å². The maximum absolute atomic E-state index is 12.6. The van der Waals surface area contributed by atoms with Gasteiger partial charge in [0, 0.05) is 36.7 Å². The summed E-state index contributed by atoms with van der Waals surface area (Å²) in [6.45, 7) is 3.31. The summed E-state index contributed by atoms with van der Waals surface area (Å²) in [6, 6.07) is 1.62. The highest BCUT2D eigenvalue weighted by atomic mass is 32.2. The van der Waals surface area contributed by atoms with Crippen LogP contribution in [0.3, 0.4) is 0 Å². The molecule has 0 aliphatic carbocycles. The molecule has 3 heterocycles. The lowest BCUT2D eigenvalue weighted by atomic mass is 9.93. The fraction of sp³-hybridized carbons (Fsp3) is 0.667. The van der Waals surface area contributed by atoms with E-state index in [1.54, 1.807) is 13.0 Å². The largest absolute Gasteiger partial charge is 0.341 e. The normalized spacial score (nSPS) is 23.9. The molecule has 22 heavy (non-hydrogen) atoms. The standard InChI is InChI=1S/C15H22N4O2S/c1-10-16-12(7-14(20)17-10)11-3-5-19(6-4-11)15(21)13-8-22-9-18(13)2/h7,11,13H,3-6,8-9H2,1-2H3,(H,16,17,20)/t13-/m0/s1. The second kappa shape index (κ2) is 6.42. The van der Waals surface area contributed by atoms with Gasteiger partial charge in [0.05, 0.1) is 11.7 Å². The van der Waals surface area contributed by atoms with Crippen molar-refractivity contribution in [2.45, 2.75) is 31.7 Å². The molecule has 1 N–H and O–H groups in total. The van der Waals surface area contributed by atoms with Gasteiger partial charge in [-0.3, -0.25) is 14.5 Å². The molecule has 0 spiro atoms. The minimum Gasteiger partial charge on any atom is -0.341 e. The number of likely N-dealkylation sites (tertiary alicyclic amines) is 1. The van der Waals surface area contributed by atoms with Gasteiger partial charge in [0.2, 0.25) is 5.91 Å². The molecule has 7 heteroatoms. The molecule has 0 aromatic carbocycles. The number of aryl methyl sites for hydroxylation is 1. The van der Waals surface area contributed by atoms with Gasteiger partial charge in [-0.15, -0.1) is 11.8 Å². The predicted octanol–water partition coefficient (Wildman–Crippen LogP) is 0.789. The summed E-state index contributed by atoms with van der Waals surface area (Å²) in [4.78, 5) is 35.4. The summed E-state index contributed by atoms with van der Waals surface area (Å²) in [6.07, 6.45) is 1.76. The van der Waals surface area contributed by atoms with E-state index in [-0.39, 0.29) is 23.4 Å². The first-order valence-corrected chi connectivity index (χ1v) is 8.84. The van der Waals surface area contributed by atoms with Crippen molar-refractivity contribution < 1.29 is 4.79 Å². The van der Waals surface area contributed by atoms with Crippen LogP contribution < -0.4 is 5.56 Å². The van der Waals surface area contributed by atoms with E-state index >= 15 is 0 Å². The van der Waals surface area contributed by atoms with Crippen LogP contribution in [0.15, 0.2) is 10.9 Å². The quantitative estimate of drug-likeness (QED) is 0.872. The molecule has 0 radical (unpaired) electrons. The van der Waals surface area contributed by atoms with E-state index in [9.17, 15) is 9.59 Å². The zero-order valence-electron chi connectivity index (χ0n) is 13.0. The van der Waals surface area contributed by atoms with Gasteiger partial charge in [-0.2, -0.15) is 0 Å². The van der Waals surface area contributed by atoms with Gasteiger partial charge in [0.1, 0.15) is 5.82 Å². The Bertz CT molecular complexity index is 610. The van der Waals surface area contributed by atoms with Crippen molar-refractivity contribution in [3.05, 3.63) is 27.9 Å². The average Bonchev–Trinajstić information content (AvgIpc) is 2.92. The third-order valence-corrected chi connectivity index (χ3v) is 5.63. The van der Waals surface area contributed by atoms with E-state index in [1.807, 2.05) is 23.7 Å². The third kappa shape index (κ3) is 3.20. The Balaban J connectivity index is 1.62. The second-order valence-corrected chi connectivity index (χ2v) is 7.13.